The molecule has 0 aliphatic rings. The summed E-state index contributed by atoms with van der Waals surface area (Å²) in [5.41, 5.74) is 0. The molecule has 2 nitrogen and oxygen atoms in total. The van der Waals surface area contributed by atoms with Crippen molar-refractivity contribution in [2.24, 2.45) is 5.92 Å². The molecule has 0 amide bonds. The first-order valence-electron chi connectivity index (χ1n) is 6.09. The molecule has 0 heterocycles. The number of carbonyl (C=O) groups excluding carboxylic acids is 1. The lowest BCUT2D eigenvalue weighted by Crippen LogP contribution is -2.45. The third kappa shape index (κ3) is 5.68. The summed E-state index contributed by atoms with van der Waals surface area (Å²) in [4.78, 5) is 11.6. The Hall–Kier alpha value is 0.547. The molecular formula is C13H24Br2O2Si. The largest absolute Gasteiger partial charge is 0.410 e. The van der Waals surface area contributed by atoms with Crippen molar-refractivity contribution in [3.63, 3.8) is 0 Å². The number of ketones is 1. The van der Waals surface area contributed by atoms with Gasteiger partial charge in [-0.2, -0.15) is 0 Å². The van der Waals surface area contributed by atoms with Crippen LogP contribution >= 0.6 is 31.9 Å². The van der Waals surface area contributed by atoms with E-state index in [0.717, 1.165) is 3.39 Å². The fraction of sp³-hybridized carbons (Fsp3) is 0.769. The number of rotatable bonds is 5. The standard InChI is InChI=1S/C13H24Br2O2Si/c1-9(10(2)16)11(8-12(14)15)17-18(6,7)13(3,4)5/h8-9,11H,1-7H3. The second-order valence-electron chi connectivity index (χ2n) is 6.20. The van der Waals surface area contributed by atoms with Gasteiger partial charge < -0.3 is 4.43 Å². The summed E-state index contributed by atoms with van der Waals surface area (Å²) in [6.07, 6.45) is 1.74. The molecule has 0 radical (unpaired) electrons. The Morgan fingerprint density at radius 1 is 1.28 bits per heavy atom. The van der Waals surface area contributed by atoms with Crippen LogP contribution in [0, 0.1) is 5.92 Å². The van der Waals surface area contributed by atoms with Crippen LogP contribution in [0.25, 0.3) is 0 Å². The van der Waals surface area contributed by atoms with Gasteiger partial charge in [0.15, 0.2) is 8.32 Å². The van der Waals surface area contributed by atoms with Crippen LogP contribution in [0.2, 0.25) is 18.1 Å². The minimum absolute atomic E-state index is 0.133. The first kappa shape index (κ1) is 18.5. The van der Waals surface area contributed by atoms with Gasteiger partial charge >= 0.3 is 0 Å². The van der Waals surface area contributed by atoms with Crippen molar-refractivity contribution < 1.29 is 9.22 Å². The second-order valence-corrected chi connectivity index (χ2v) is 13.7. The van der Waals surface area contributed by atoms with E-state index in [-0.39, 0.29) is 22.8 Å². The minimum atomic E-state index is -1.88. The minimum Gasteiger partial charge on any atom is -0.410 e. The molecule has 2 atom stereocenters. The van der Waals surface area contributed by atoms with E-state index in [2.05, 4.69) is 65.7 Å². The summed E-state index contributed by atoms with van der Waals surface area (Å²) in [5, 5.41) is 0.133. The molecule has 0 aromatic heterocycles. The van der Waals surface area contributed by atoms with Gasteiger partial charge in [-0.1, -0.05) is 27.7 Å². The molecule has 0 fully saturated rings. The van der Waals surface area contributed by atoms with Crippen molar-refractivity contribution >= 4 is 46.0 Å². The van der Waals surface area contributed by atoms with Crippen molar-refractivity contribution in [2.75, 3.05) is 0 Å². The zero-order chi connectivity index (χ0) is 14.7. The summed E-state index contributed by atoms with van der Waals surface area (Å²) in [7, 11) is -1.88. The molecule has 0 rings (SSSR count). The van der Waals surface area contributed by atoms with Gasteiger partial charge in [0.1, 0.15) is 5.78 Å². The zero-order valence-corrected chi connectivity index (χ0v) is 16.5. The first-order chi connectivity index (χ1) is 7.88. The van der Waals surface area contributed by atoms with Crippen LogP contribution in [-0.4, -0.2) is 20.2 Å². The van der Waals surface area contributed by atoms with Crippen LogP contribution in [0.1, 0.15) is 34.6 Å². The summed E-state index contributed by atoms with van der Waals surface area (Å²) >= 11 is 6.70. The maximum Gasteiger partial charge on any atom is 0.192 e. The van der Waals surface area contributed by atoms with Gasteiger partial charge in [0, 0.05) is 5.92 Å². The Morgan fingerprint density at radius 2 is 1.72 bits per heavy atom. The molecule has 0 aromatic carbocycles. The number of halogens is 2. The van der Waals surface area contributed by atoms with E-state index in [1.165, 1.54) is 0 Å². The van der Waals surface area contributed by atoms with E-state index in [4.69, 9.17) is 4.43 Å². The van der Waals surface area contributed by atoms with Crippen LogP contribution in [-0.2, 0) is 9.22 Å². The molecule has 106 valence electrons. The molecule has 0 spiro atoms. The van der Waals surface area contributed by atoms with Crippen molar-refractivity contribution in [1.29, 1.82) is 0 Å². The fourth-order valence-corrected chi connectivity index (χ4v) is 2.98. The molecule has 0 saturated heterocycles. The maximum absolute atomic E-state index is 11.6. The Morgan fingerprint density at radius 3 is 2.00 bits per heavy atom. The third-order valence-electron chi connectivity index (χ3n) is 3.66. The Bertz CT molecular complexity index is 328. The topological polar surface area (TPSA) is 26.3 Å². The lowest BCUT2D eigenvalue weighted by atomic mass is 10.0. The number of hydrogen-bond donors (Lipinski definition) is 0. The van der Waals surface area contributed by atoms with Crippen molar-refractivity contribution in [3.05, 3.63) is 9.47 Å². The summed E-state index contributed by atoms with van der Waals surface area (Å²) in [6.45, 7) is 14.5. The molecule has 0 aromatic rings. The van der Waals surface area contributed by atoms with E-state index in [1.54, 1.807) is 6.92 Å². The zero-order valence-electron chi connectivity index (χ0n) is 12.3. The van der Waals surface area contributed by atoms with Gasteiger partial charge in [0.2, 0.25) is 0 Å². The highest BCUT2D eigenvalue weighted by Gasteiger charge is 2.40. The molecule has 0 aliphatic carbocycles. The maximum atomic E-state index is 11.6. The van der Waals surface area contributed by atoms with Crippen molar-refractivity contribution in [2.45, 2.75) is 58.9 Å². The highest BCUT2D eigenvalue weighted by Crippen LogP contribution is 2.38. The van der Waals surface area contributed by atoms with E-state index in [9.17, 15) is 4.79 Å². The van der Waals surface area contributed by atoms with Gasteiger partial charge in [-0.05, 0) is 63.0 Å². The quantitative estimate of drug-likeness (QED) is 0.591. The monoisotopic (exact) mass is 398 g/mol. The normalized spacial score (nSPS) is 16.1. The van der Waals surface area contributed by atoms with Crippen LogP contribution in [0.5, 0.6) is 0 Å². The van der Waals surface area contributed by atoms with E-state index in [1.807, 2.05) is 13.0 Å². The highest BCUT2D eigenvalue weighted by atomic mass is 79.9. The van der Waals surface area contributed by atoms with Crippen LogP contribution in [0.3, 0.4) is 0 Å². The van der Waals surface area contributed by atoms with Crippen molar-refractivity contribution in [3.8, 4) is 0 Å². The van der Waals surface area contributed by atoms with Gasteiger partial charge in [-0.3, -0.25) is 4.79 Å². The molecule has 0 bridgehead atoms. The van der Waals surface area contributed by atoms with Crippen LogP contribution in [0.15, 0.2) is 9.47 Å². The second kappa shape index (κ2) is 6.82. The molecule has 18 heavy (non-hydrogen) atoms. The van der Waals surface area contributed by atoms with E-state index in [0.29, 0.717) is 0 Å². The Kier molecular flexibility index (Phi) is 7.02. The Labute approximate surface area is 129 Å². The Balaban J connectivity index is 5.15. The van der Waals surface area contributed by atoms with Crippen LogP contribution < -0.4 is 0 Å². The lowest BCUT2D eigenvalue weighted by molar-refractivity contribution is -0.122. The molecule has 0 aliphatic heterocycles. The molecule has 0 N–H and O–H groups in total. The smallest absolute Gasteiger partial charge is 0.192 e. The average Bonchev–Trinajstić information content (AvgIpc) is 2.12. The summed E-state index contributed by atoms with van der Waals surface area (Å²) in [5.74, 6) is 0.0143. The van der Waals surface area contributed by atoms with Gasteiger partial charge in [0.25, 0.3) is 0 Å². The lowest BCUT2D eigenvalue weighted by Gasteiger charge is -2.39. The SMILES string of the molecule is CC(=O)C(C)C(C=C(Br)Br)O[Si](C)(C)C(C)(C)C. The van der Waals surface area contributed by atoms with Gasteiger partial charge in [-0.25, -0.2) is 0 Å². The highest BCUT2D eigenvalue weighted by molar-refractivity contribution is 9.28. The van der Waals surface area contributed by atoms with Crippen molar-refractivity contribution in [1.82, 2.24) is 0 Å². The van der Waals surface area contributed by atoms with E-state index >= 15 is 0 Å². The number of Topliss-reactive ketones (excluding diaryl/α,β-unsaturated/α-hetero) is 1. The first-order valence-corrected chi connectivity index (χ1v) is 10.6. The fourth-order valence-electron chi connectivity index (χ4n) is 1.15. The van der Waals surface area contributed by atoms with Gasteiger partial charge in [-0.15, -0.1) is 0 Å². The third-order valence-corrected chi connectivity index (χ3v) is 8.66. The summed E-state index contributed by atoms with van der Waals surface area (Å²) < 4.78 is 7.14. The average molecular weight is 400 g/mol. The van der Waals surface area contributed by atoms with Crippen LogP contribution in [0.4, 0.5) is 0 Å². The molecule has 2 unspecified atom stereocenters. The number of hydrogen-bond acceptors (Lipinski definition) is 2. The molecule has 0 saturated carbocycles. The molecule has 5 heteroatoms. The molecular weight excluding hydrogens is 376 g/mol. The summed E-state index contributed by atoms with van der Waals surface area (Å²) in [6, 6.07) is 0. The predicted octanol–water partition coefficient (Wildman–Crippen LogP) is 5.23. The van der Waals surface area contributed by atoms with Gasteiger partial charge in [0.05, 0.1) is 9.50 Å². The van der Waals surface area contributed by atoms with E-state index < -0.39 is 8.32 Å². The predicted molar refractivity (Wildman–Crippen MR) is 87.9 cm³/mol. The number of carbonyl (C=O) groups is 1.